The fourth-order valence-corrected chi connectivity index (χ4v) is 3.10. The third-order valence-corrected chi connectivity index (χ3v) is 4.58. The quantitative estimate of drug-likeness (QED) is 0.854. The fraction of sp³-hybridized carbons (Fsp3) is 0.421. The Labute approximate surface area is 148 Å². The predicted octanol–water partition coefficient (Wildman–Crippen LogP) is 1.89. The van der Waals surface area contributed by atoms with Gasteiger partial charge in [0.25, 0.3) is 0 Å². The molecule has 1 aromatic heterocycles. The smallest absolute Gasteiger partial charge is 0.222 e. The van der Waals surface area contributed by atoms with Crippen molar-refractivity contribution in [1.29, 1.82) is 0 Å². The summed E-state index contributed by atoms with van der Waals surface area (Å²) in [6.45, 7) is 4.31. The largest absolute Gasteiger partial charge is 0.341 e. The van der Waals surface area contributed by atoms with Crippen molar-refractivity contribution in [3.63, 3.8) is 0 Å². The summed E-state index contributed by atoms with van der Waals surface area (Å²) in [5.41, 5.74) is 2.06. The van der Waals surface area contributed by atoms with Gasteiger partial charge in [0.1, 0.15) is 0 Å². The van der Waals surface area contributed by atoms with E-state index in [1.165, 1.54) is 0 Å². The van der Waals surface area contributed by atoms with E-state index in [0.29, 0.717) is 25.9 Å². The first-order valence-corrected chi connectivity index (χ1v) is 8.76. The highest BCUT2D eigenvalue weighted by atomic mass is 16.2. The van der Waals surface area contributed by atoms with Gasteiger partial charge in [0.05, 0.1) is 11.9 Å². The molecule has 0 atom stereocenters. The molecule has 3 rings (SSSR count). The number of rotatable bonds is 4. The van der Waals surface area contributed by atoms with E-state index >= 15 is 0 Å². The van der Waals surface area contributed by atoms with Crippen molar-refractivity contribution in [2.24, 2.45) is 0 Å². The van der Waals surface area contributed by atoms with Crippen molar-refractivity contribution >= 4 is 11.8 Å². The summed E-state index contributed by atoms with van der Waals surface area (Å²) >= 11 is 0. The van der Waals surface area contributed by atoms with Crippen molar-refractivity contribution in [1.82, 2.24) is 19.6 Å². The maximum absolute atomic E-state index is 12.5. The summed E-state index contributed by atoms with van der Waals surface area (Å²) in [6, 6.07) is 9.93. The van der Waals surface area contributed by atoms with Gasteiger partial charge in [-0.25, -0.2) is 4.68 Å². The minimum Gasteiger partial charge on any atom is -0.341 e. The monoisotopic (exact) mass is 340 g/mol. The molecule has 0 unspecified atom stereocenters. The summed E-state index contributed by atoms with van der Waals surface area (Å²) < 4.78 is 1.83. The second-order valence-electron chi connectivity index (χ2n) is 6.37. The van der Waals surface area contributed by atoms with Gasteiger partial charge < -0.3 is 9.80 Å². The molecule has 1 saturated heterocycles. The number of para-hydroxylation sites is 1. The van der Waals surface area contributed by atoms with E-state index in [0.717, 1.165) is 30.8 Å². The van der Waals surface area contributed by atoms with E-state index in [-0.39, 0.29) is 11.8 Å². The summed E-state index contributed by atoms with van der Waals surface area (Å²) in [4.78, 5) is 27.6. The van der Waals surface area contributed by atoms with Crippen LogP contribution < -0.4 is 0 Å². The Morgan fingerprint density at radius 1 is 1.04 bits per heavy atom. The lowest BCUT2D eigenvalue weighted by atomic mass is 10.2. The first kappa shape index (κ1) is 17.2. The average Bonchev–Trinajstić information content (AvgIpc) is 2.95. The number of carbonyl (C=O) groups excluding carboxylic acids is 2. The third-order valence-electron chi connectivity index (χ3n) is 4.58. The van der Waals surface area contributed by atoms with Crippen LogP contribution in [0, 0.1) is 0 Å². The van der Waals surface area contributed by atoms with Crippen LogP contribution in [0.1, 0.15) is 25.3 Å². The molecule has 0 N–H and O–H groups in total. The highest BCUT2D eigenvalue weighted by Crippen LogP contribution is 2.11. The molecule has 1 fully saturated rings. The van der Waals surface area contributed by atoms with Gasteiger partial charge in [0, 0.05) is 45.7 Å². The highest BCUT2D eigenvalue weighted by Gasteiger charge is 2.20. The van der Waals surface area contributed by atoms with Crippen molar-refractivity contribution < 1.29 is 9.59 Å². The number of nitrogens with zero attached hydrogens (tertiary/aromatic N) is 4. The maximum Gasteiger partial charge on any atom is 0.222 e. The second kappa shape index (κ2) is 7.96. The van der Waals surface area contributed by atoms with Crippen molar-refractivity contribution in [2.75, 3.05) is 26.2 Å². The van der Waals surface area contributed by atoms with Crippen molar-refractivity contribution in [3.05, 3.63) is 48.3 Å². The number of hydrogen-bond donors (Lipinski definition) is 0. The van der Waals surface area contributed by atoms with Crippen LogP contribution in [0.2, 0.25) is 0 Å². The lowest BCUT2D eigenvalue weighted by molar-refractivity contribution is -0.132. The number of benzene rings is 1. The lowest BCUT2D eigenvalue weighted by Crippen LogP contribution is -2.36. The van der Waals surface area contributed by atoms with Crippen LogP contribution in [-0.4, -0.2) is 57.6 Å². The Bertz CT molecular complexity index is 726. The lowest BCUT2D eigenvalue weighted by Gasteiger charge is -2.21. The summed E-state index contributed by atoms with van der Waals surface area (Å²) in [5.74, 6) is 0.237. The highest BCUT2D eigenvalue weighted by molar-refractivity contribution is 5.77. The van der Waals surface area contributed by atoms with E-state index in [2.05, 4.69) is 5.10 Å². The topological polar surface area (TPSA) is 58.4 Å². The zero-order chi connectivity index (χ0) is 17.6. The molecule has 0 bridgehead atoms. The standard InChI is InChI=1S/C19H24N4O2/c1-16(24)21-10-5-11-22(13-12-21)19(25)9-8-17-14-20-23(15-17)18-6-3-2-4-7-18/h2-4,6-7,14-15H,5,8-13H2,1H3. The molecule has 6 heteroatoms. The molecule has 1 aliphatic rings. The van der Waals surface area contributed by atoms with Gasteiger partial charge in [-0.15, -0.1) is 0 Å². The number of amides is 2. The van der Waals surface area contributed by atoms with Crippen LogP contribution in [0.4, 0.5) is 0 Å². The van der Waals surface area contributed by atoms with Crippen LogP contribution in [0.3, 0.4) is 0 Å². The molecule has 0 radical (unpaired) electrons. The number of hydrogen-bond acceptors (Lipinski definition) is 3. The maximum atomic E-state index is 12.5. The first-order chi connectivity index (χ1) is 12.1. The zero-order valence-electron chi connectivity index (χ0n) is 14.6. The molecule has 0 saturated carbocycles. The average molecular weight is 340 g/mol. The van der Waals surface area contributed by atoms with Crippen LogP contribution in [0.15, 0.2) is 42.7 Å². The van der Waals surface area contributed by atoms with Gasteiger partial charge in [-0.3, -0.25) is 9.59 Å². The molecule has 2 amide bonds. The van der Waals surface area contributed by atoms with Crippen LogP contribution >= 0.6 is 0 Å². The van der Waals surface area contributed by atoms with Crippen LogP contribution in [0.5, 0.6) is 0 Å². The summed E-state index contributed by atoms with van der Waals surface area (Å²) in [6.07, 6.45) is 5.79. The van der Waals surface area contributed by atoms with E-state index in [9.17, 15) is 9.59 Å². The van der Waals surface area contributed by atoms with Gasteiger partial charge >= 0.3 is 0 Å². The molecule has 2 aromatic rings. The fourth-order valence-electron chi connectivity index (χ4n) is 3.10. The van der Waals surface area contributed by atoms with Gasteiger partial charge in [0.15, 0.2) is 0 Å². The molecule has 6 nitrogen and oxygen atoms in total. The van der Waals surface area contributed by atoms with Gasteiger partial charge in [-0.2, -0.15) is 5.10 Å². The van der Waals surface area contributed by atoms with Crippen molar-refractivity contribution in [2.45, 2.75) is 26.2 Å². The molecule has 1 aliphatic heterocycles. The van der Waals surface area contributed by atoms with Crippen molar-refractivity contribution in [3.8, 4) is 5.69 Å². The zero-order valence-corrected chi connectivity index (χ0v) is 14.6. The molecule has 0 spiro atoms. The Morgan fingerprint density at radius 3 is 2.52 bits per heavy atom. The summed E-state index contributed by atoms with van der Waals surface area (Å²) in [7, 11) is 0. The molecule has 132 valence electrons. The number of carbonyl (C=O) groups is 2. The Hall–Kier alpha value is -2.63. The predicted molar refractivity (Wildman–Crippen MR) is 95.3 cm³/mol. The van der Waals surface area contributed by atoms with Gasteiger partial charge in [-0.05, 0) is 30.5 Å². The van der Waals surface area contributed by atoms with Gasteiger partial charge in [0.2, 0.25) is 11.8 Å². The molecule has 25 heavy (non-hydrogen) atoms. The van der Waals surface area contributed by atoms with Crippen LogP contribution in [-0.2, 0) is 16.0 Å². The second-order valence-corrected chi connectivity index (χ2v) is 6.37. The molecule has 2 heterocycles. The van der Waals surface area contributed by atoms with Gasteiger partial charge in [-0.1, -0.05) is 18.2 Å². The third kappa shape index (κ3) is 4.47. The summed E-state index contributed by atoms with van der Waals surface area (Å²) in [5, 5.41) is 4.37. The molecule has 0 aliphatic carbocycles. The normalized spacial score (nSPS) is 15.1. The van der Waals surface area contributed by atoms with E-state index in [1.54, 1.807) is 6.92 Å². The van der Waals surface area contributed by atoms with E-state index < -0.39 is 0 Å². The Kier molecular flexibility index (Phi) is 5.48. The van der Waals surface area contributed by atoms with E-state index in [1.807, 2.05) is 57.2 Å². The molecule has 1 aromatic carbocycles. The molecular weight excluding hydrogens is 316 g/mol. The number of aromatic nitrogens is 2. The van der Waals surface area contributed by atoms with E-state index in [4.69, 9.17) is 0 Å². The Morgan fingerprint density at radius 2 is 1.76 bits per heavy atom. The number of aryl methyl sites for hydroxylation is 1. The van der Waals surface area contributed by atoms with Crippen LogP contribution in [0.25, 0.3) is 5.69 Å². The minimum absolute atomic E-state index is 0.0858. The molecular formula is C19H24N4O2. The SMILES string of the molecule is CC(=O)N1CCCN(C(=O)CCc2cnn(-c3ccccc3)c2)CC1. The first-order valence-electron chi connectivity index (χ1n) is 8.76. The Balaban J connectivity index is 1.52. The minimum atomic E-state index is 0.0858.